The standard InChI is InChI=1S/C25H28N6O3S2/c1-13(2)20-15(4)28-25(36(5,32)33)30-22(20)31-6-7-34-21-14(3)8-16(9-18(21)12-31)17-10-19-23(27-11-17)35-24(26)29-19/h8-11,13H,6-7,12H2,1-5H3,(H2,26,29). The van der Waals surface area contributed by atoms with Gasteiger partial charge in [0.2, 0.25) is 15.0 Å². The summed E-state index contributed by atoms with van der Waals surface area (Å²) in [5.41, 5.74) is 12.2. The number of nitrogens with zero attached hydrogens (tertiary/aromatic N) is 5. The Morgan fingerprint density at radius 1 is 1.11 bits per heavy atom. The molecule has 9 nitrogen and oxygen atoms in total. The second-order valence-electron chi connectivity index (χ2n) is 9.41. The smallest absolute Gasteiger partial charge is 0.248 e. The van der Waals surface area contributed by atoms with Crippen LogP contribution in [0.15, 0.2) is 29.6 Å². The largest absolute Gasteiger partial charge is 0.491 e. The van der Waals surface area contributed by atoms with Crippen LogP contribution in [0.5, 0.6) is 5.75 Å². The van der Waals surface area contributed by atoms with Crippen LogP contribution in [-0.4, -0.2) is 47.8 Å². The highest BCUT2D eigenvalue weighted by Crippen LogP contribution is 2.37. The van der Waals surface area contributed by atoms with E-state index in [4.69, 9.17) is 10.5 Å². The summed E-state index contributed by atoms with van der Waals surface area (Å²) < 4.78 is 30.8. The Hall–Kier alpha value is -3.31. The topological polar surface area (TPSA) is 124 Å². The van der Waals surface area contributed by atoms with Gasteiger partial charge in [-0.15, -0.1) is 0 Å². The quantitative estimate of drug-likeness (QED) is 0.390. The number of hydrogen-bond donors (Lipinski definition) is 1. The van der Waals surface area contributed by atoms with Crippen LogP contribution in [0.1, 0.15) is 42.1 Å². The van der Waals surface area contributed by atoms with E-state index in [9.17, 15) is 8.42 Å². The predicted molar refractivity (Wildman–Crippen MR) is 143 cm³/mol. The van der Waals surface area contributed by atoms with Gasteiger partial charge in [-0.05, 0) is 49.1 Å². The molecule has 0 amide bonds. The number of rotatable bonds is 4. The van der Waals surface area contributed by atoms with Crippen molar-refractivity contribution in [3.05, 3.63) is 46.8 Å². The molecule has 4 aromatic rings. The van der Waals surface area contributed by atoms with Crippen molar-refractivity contribution in [1.29, 1.82) is 0 Å². The molecule has 1 aliphatic rings. The molecule has 2 N–H and O–H groups in total. The normalized spacial score (nSPS) is 14.1. The summed E-state index contributed by atoms with van der Waals surface area (Å²) >= 11 is 1.36. The van der Waals surface area contributed by atoms with Crippen molar-refractivity contribution >= 4 is 42.5 Å². The molecular weight excluding hydrogens is 496 g/mol. The Kier molecular flexibility index (Phi) is 6.08. The fourth-order valence-electron chi connectivity index (χ4n) is 4.68. The van der Waals surface area contributed by atoms with Crippen molar-refractivity contribution in [2.45, 2.75) is 45.3 Å². The van der Waals surface area contributed by atoms with Gasteiger partial charge in [0.25, 0.3) is 0 Å². The first-order chi connectivity index (χ1) is 17.0. The number of aromatic nitrogens is 4. The number of pyridine rings is 1. The molecule has 0 unspecified atom stereocenters. The van der Waals surface area contributed by atoms with Crippen LogP contribution in [0.25, 0.3) is 21.5 Å². The molecule has 188 valence electrons. The molecule has 1 aliphatic heterocycles. The van der Waals surface area contributed by atoms with Gasteiger partial charge in [0.1, 0.15) is 28.5 Å². The van der Waals surface area contributed by atoms with Gasteiger partial charge in [0.05, 0.1) is 6.54 Å². The first-order valence-corrected chi connectivity index (χ1v) is 14.3. The first-order valence-electron chi connectivity index (χ1n) is 11.6. The highest BCUT2D eigenvalue weighted by molar-refractivity contribution is 7.90. The Morgan fingerprint density at radius 3 is 2.61 bits per heavy atom. The lowest BCUT2D eigenvalue weighted by Gasteiger charge is -2.26. The molecule has 0 atom stereocenters. The molecule has 0 aliphatic carbocycles. The van der Waals surface area contributed by atoms with Crippen LogP contribution in [0.4, 0.5) is 10.9 Å². The zero-order valence-corrected chi connectivity index (χ0v) is 22.5. The molecule has 1 aromatic carbocycles. The summed E-state index contributed by atoms with van der Waals surface area (Å²) in [6, 6.07) is 6.18. The van der Waals surface area contributed by atoms with E-state index in [1.807, 2.05) is 26.1 Å². The summed E-state index contributed by atoms with van der Waals surface area (Å²) in [6.45, 7) is 9.53. The summed E-state index contributed by atoms with van der Waals surface area (Å²) in [5, 5.41) is 0.336. The molecule has 0 saturated carbocycles. The van der Waals surface area contributed by atoms with Gasteiger partial charge in [-0.3, -0.25) is 0 Å². The molecule has 36 heavy (non-hydrogen) atoms. The average molecular weight is 525 g/mol. The monoisotopic (exact) mass is 524 g/mol. The third-order valence-electron chi connectivity index (χ3n) is 6.22. The van der Waals surface area contributed by atoms with Crippen LogP contribution < -0.4 is 15.4 Å². The maximum absolute atomic E-state index is 12.3. The lowest BCUT2D eigenvalue weighted by Crippen LogP contribution is -2.29. The minimum absolute atomic E-state index is 0.119. The number of aryl methyl sites for hydroxylation is 2. The average Bonchev–Trinajstić information content (AvgIpc) is 3.02. The minimum Gasteiger partial charge on any atom is -0.491 e. The molecule has 0 radical (unpaired) electrons. The van der Waals surface area contributed by atoms with E-state index >= 15 is 0 Å². The van der Waals surface area contributed by atoms with E-state index < -0.39 is 9.84 Å². The second-order valence-corrected chi connectivity index (χ2v) is 12.3. The van der Waals surface area contributed by atoms with Gasteiger partial charge in [-0.25, -0.2) is 28.4 Å². The SMILES string of the molecule is Cc1cc(-c2cnc3sc(N)nc3c2)cc2c1OCCN(c1nc(S(C)(=O)=O)nc(C)c1C(C)C)C2. The predicted octanol–water partition coefficient (Wildman–Crippen LogP) is 4.27. The van der Waals surface area contributed by atoms with E-state index in [0.29, 0.717) is 36.3 Å². The Bertz CT molecular complexity index is 1600. The number of fused-ring (bicyclic) bond motifs is 2. The summed E-state index contributed by atoms with van der Waals surface area (Å²) in [4.78, 5) is 20.7. The first kappa shape index (κ1) is 24.4. The van der Waals surface area contributed by atoms with Gasteiger partial charge < -0.3 is 15.4 Å². The zero-order valence-electron chi connectivity index (χ0n) is 20.9. The van der Waals surface area contributed by atoms with Gasteiger partial charge >= 0.3 is 0 Å². The highest BCUT2D eigenvalue weighted by Gasteiger charge is 2.26. The van der Waals surface area contributed by atoms with Crippen molar-refractivity contribution in [3.8, 4) is 16.9 Å². The third kappa shape index (κ3) is 4.48. The van der Waals surface area contributed by atoms with E-state index in [-0.39, 0.29) is 11.1 Å². The van der Waals surface area contributed by atoms with Gasteiger partial charge in [-0.1, -0.05) is 25.2 Å². The van der Waals surface area contributed by atoms with E-state index in [0.717, 1.165) is 50.2 Å². The number of nitrogen functional groups attached to an aromatic ring is 1. The van der Waals surface area contributed by atoms with Gasteiger partial charge in [0, 0.05) is 41.4 Å². The van der Waals surface area contributed by atoms with Crippen LogP contribution in [0.2, 0.25) is 0 Å². The fraction of sp³-hybridized carbons (Fsp3) is 0.360. The van der Waals surface area contributed by atoms with Crippen molar-refractivity contribution in [2.75, 3.05) is 30.0 Å². The number of sulfone groups is 1. The third-order valence-corrected chi connectivity index (χ3v) is 7.88. The molecule has 5 rings (SSSR count). The van der Waals surface area contributed by atoms with Gasteiger partial charge in [-0.2, -0.15) is 0 Å². The zero-order chi connectivity index (χ0) is 25.8. The van der Waals surface area contributed by atoms with E-state index in [2.05, 4.69) is 50.8 Å². The maximum Gasteiger partial charge on any atom is 0.248 e. The fourth-order valence-corrected chi connectivity index (χ4v) is 5.89. The second kappa shape index (κ2) is 8.97. The summed E-state index contributed by atoms with van der Waals surface area (Å²) in [7, 11) is -3.57. The Labute approximate surface area is 214 Å². The van der Waals surface area contributed by atoms with Crippen molar-refractivity contribution in [3.63, 3.8) is 0 Å². The number of thiazole rings is 1. The maximum atomic E-state index is 12.3. The van der Waals surface area contributed by atoms with Crippen molar-refractivity contribution in [2.24, 2.45) is 0 Å². The van der Waals surface area contributed by atoms with Crippen LogP contribution >= 0.6 is 11.3 Å². The molecule has 0 saturated heterocycles. The van der Waals surface area contributed by atoms with Crippen LogP contribution in [-0.2, 0) is 16.4 Å². The van der Waals surface area contributed by atoms with Crippen LogP contribution in [0, 0.1) is 13.8 Å². The molecule has 4 heterocycles. The van der Waals surface area contributed by atoms with E-state index in [1.165, 1.54) is 11.3 Å². The number of anilines is 2. The molecule has 3 aromatic heterocycles. The molecule has 0 bridgehead atoms. The summed E-state index contributed by atoms with van der Waals surface area (Å²) in [6.07, 6.45) is 2.97. The Morgan fingerprint density at radius 2 is 1.89 bits per heavy atom. The minimum atomic E-state index is -3.57. The van der Waals surface area contributed by atoms with Crippen molar-refractivity contribution in [1.82, 2.24) is 19.9 Å². The summed E-state index contributed by atoms with van der Waals surface area (Å²) in [5.74, 6) is 1.60. The molecular formula is C25H28N6O3S2. The lowest BCUT2D eigenvalue weighted by atomic mass is 9.99. The number of hydrogen-bond acceptors (Lipinski definition) is 10. The number of benzene rings is 1. The lowest BCUT2D eigenvalue weighted by molar-refractivity contribution is 0.329. The van der Waals surface area contributed by atoms with Gasteiger partial charge in [0.15, 0.2) is 5.13 Å². The Balaban J connectivity index is 1.60. The molecule has 0 spiro atoms. The number of nitrogens with two attached hydrogens (primary N) is 1. The molecule has 0 fully saturated rings. The van der Waals surface area contributed by atoms with E-state index in [1.54, 1.807) is 0 Å². The number of ether oxygens (including phenoxy) is 1. The van der Waals surface area contributed by atoms with Crippen LogP contribution in [0.3, 0.4) is 0 Å². The molecule has 11 heteroatoms. The highest BCUT2D eigenvalue weighted by atomic mass is 32.2. The van der Waals surface area contributed by atoms with Crippen molar-refractivity contribution < 1.29 is 13.2 Å².